The minimum absolute atomic E-state index is 0.217. The van der Waals surface area contributed by atoms with Gasteiger partial charge in [-0.1, -0.05) is 65.2 Å². The lowest BCUT2D eigenvalue weighted by atomic mass is 9.83. The highest BCUT2D eigenvalue weighted by Gasteiger charge is 2.40. The van der Waals surface area contributed by atoms with Crippen LogP contribution in [0.1, 0.15) is 29.2 Å². The molecule has 0 saturated heterocycles. The number of carbonyl (C=O) groups excluding carboxylic acids is 1. The number of hydrogen-bond acceptors (Lipinski definition) is 3. The number of benzene rings is 3. The van der Waals surface area contributed by atoms with Crippen LogP contribution in [0.3, 0.4) is 0 Å². The van der Waals surface area contributed by atoms with Crippen LogP contribution in [0.25, 0.3) is 0 Å². The SMILES string of the molecule is Cc1ccc(NC(=O)C(C)(CS(=O)(=O)c2ccc(C)cc2)c2ccc(C)cc2)cc1. The maximum Gasteiger partial charge on any atom is 0.235 e. The Morgan fingerprint density at radius 3 is 1.70 bits per heavy atom. The first-order valence-corrected chi connectivity index (χ1v) is 11.5. The summed E-state index contributed by atoms with van der Waals surface area (Å²) in [5.74, 6) is -0.685. The molecule has 3 rings (SSSR count). The van der Waals surface area contributed by atoms with Gasteiger partial charge >= 0.3 is 0 Å². The summed E-state index contributed by atoms with van der Waals surface area (Å²) in [6.45, 7) is 7.52. The van der Waals surface area contributed by atoms with Crippen molar-refractivity contribution < 1.29 is 13.2 Å². The van der Waals surface area contributed by atoms with Crippen LogP contribution in [0, 0.1) is 20.8 Å². The van der Waals surface area contributed by atoms with Gasteiger partial charge in [0.25, 0.3) is 0 Å². The van der Waals surface area contributed by atoms with Gasteiger partial charge in [-0.3, -0.25) is 4.79 Å². The molecule has 0 aliphatic carbocycles. The molecule has 0 spiro atoms. The lowest BCUT2D eigenvalue weighted by Gasteiger charge is -2.29. The monoisotopic (exact) mass is 421 g/mol. The first kappa shape index (κ1) is 21.8. The number of anilines is 1. The van der Waals surface area contributed by atoms with E-state index >= 15 is 0 Å². The van der Waals surface area contributed by atoms with Gasteiger partial charge in [-0.2, -0.15) is 0 Å². The van der Waals surface area contributed by atoms with Crippen molar-refractivity contribution in [3.05, 3.63) is 95.1 Å². The second kappa shape index (κ2) is 8.44. The molecule has 1 amide bonds. The summed E-state index contributed by atoms with van der Waals surface area (Å²) < 4.78 is 26.4. The molecule has 5 heteroatoms. The zero-order valence-electron chi connectivity index (χ0n) is 17.8. The van der Waals surface area contributed by atoms with E-state index < -0.39 is 15.3 Å². The van der Waals surface area contributed by atoms with Gasteiger partial charge in [0, 0.05) is 5.69 Å². The molecule has 0 fully saturated rings. The summed E-state index contributed by atoms with van der Waals surface area (Å²) in [5, 5.41) is 2.90. The molecule has 0 heterocycles. The number of nitrogens with one attached hydrogen (secondary N) is 1. The Morgan fingerprint density at radius 2 is 1.20 bits per heavy atom. The summed E-state index contributed by atoms with van der Waals surface area (Å²) in [6.07, 6.45) is 0. The van der Waals surface area contributed by atoms with Crippen molar-refractivity contribution in [1.82, 2.24) is 0 Å². The first-order chi connectivity index (χ1) is 14.1. The molecule has 1 atom stereocenters. The third-order valence-electron chi connectivity index (χ3n) is 5.36. The van der Waals surface area contributed by atoms with Gasteiger partial charge in [-0.15, -0.1) is 0 Å². The molecule has 0 saturated carbocycles. The van der Waals surface area contributed by atoms with E-state index in [1.807, 2.05) is 69.3 Å². The number of carbonyl (C=O) groups is 1. The molecule has 1 N–H and O–H groups in total. The van der Waals surface area contributed by atoms with Crippen LogP contribution in [-0.2, 0) is 20.0 Å². The molecule has 0 aromatic heterocycles. The zero-order chi connectivity index (χ0) is 21.9. The molecular weight excluding hydrogens is 394 g/mol. The van der Waals surface area contributed by atoms with E-state index in [1.165, 1.54) is 0 Å². The van der Waals surface area contributed by atoms with Gasteiger partial charge in [0.2, 0.25) is 5.91 Å². The molecule has 1 unspecified atom stereocenters. The highest BCUT2D eigenvalue weighted by molar-refractivity contribution is 7.91. The molecule has 3 aromatic carbocycles. The Bertz CT molecular complexity index is 1130. The molecule has 0 bridgehead atoms. The summed E-state index contributed by atoms with van der Waals surface area (Å²) in [6, 6.07) is 21.6. The van der Waals surface area contributed by atoms with Crippen LogP contribution in [0.5, 0.6) is 0 Å². The second-order valence-corrected chi connectivity index (χ2v) is 10.1. The Morgan fingerprint density at radius 1 is 0.767 bits per heavy atom. The molecule has 30 heavy (non-hydrogen) atoms. The number of amides is 1. The fraction of sp³-hybridized carbons (Fsp3) is 0.240. The van der Waals surface area contributed by atoms with Crippen LogP contribution in [-0.4, -0.2) is 20.1 Å². The molecule has 0 aliphatic heterocycles. The van der Waals surface area contributed by atoms with E-state index in [2.05, 4.69) is 5.32 Å². The molecule has 4 nitrogen and oxygen atoms in total. The number of aryl methyl sites for hydroxylation is 3. The highest BCUT2D eigenvalue weighted by atomic mass is 32.2. The molecule has 0 aliphatic rings. The van der Waals surface area contributed by atoms with Gasteiger partial charge in [-0.25, -0.2) is 8.42 Å². The summed E-state index contributed by atoms with van der Waals surface area (Å²) >= 11 is 0. The fourth-order valence-electron chi connectivity index (χ4n) is 3.32. The smallest absolute Gasteiger partial charge is 0.235 e. The number of rotatable bonds is 6. The molecular formula is C25H27NO3S. The lowest BCUT2D eigenvalue weighted by molar-refractivity contribution is -0.120. The van der Waals surface area contributed by atoms with Crippen LogP contribution < -0.4 is 5.32 Å². The van der Waals surface area contributed by atoms with E-state index in [4.69, 9.17) is 0 Å². The van der Waals surface area contributed by atoms with Crippen molar-refractivity contribution in [2.45, 2.75) is 38.0 Å². The summed E-state index contributed by atoms with van der Waals surface area (Å²) in [4.78, 5) is 13.6. The number of sulfone groups is 1. The van der Waals surface area contributed by atoms with E-state index in [0.29, 0.717) is 11.3 Å². The normalized spacial score (nSPS) is 13.5. The van der Waals surface area contributed by atoms with Gasteiger partial charge in [0.15, 0.2) is 9.84 Å². The van der Waals surface area contributed by atoms with Gasteiger partial charge in [0.05, 0.1) is 16.1 Å². The van der Waals surface area contributed by atoms with E-state index in [0.717, 1.165) is 16.7 Å². The van der Waals surface area contributed by atoms with Crippen molar-refractivity contribution in [2.24, 2.45) is 0 Å². The van der Waals surface area contributed by atoms with Crippen LogP contribution >= 0.6 is 0 Å². The van der Waals surface area contributed by atoms with Crippen molar-refractivity contribution in [2.75, 3.05) is 11.1 Å². The van der Waals surface area contributed by atoms with Crippen LogP contribution in [0.4, 0.5) is 5.69 Å². The Kier molecular flexibility index (Phi) is 6.13. The molecule has 0 radical (unpaired) electrons. The van der Waals surface area contributed by atoms with Crippen molar-refractivity contribution in [3.8, 4) is 0 Å². The van der Waals surface area contributed by atoms with E-state index in [9.17, 15) is 13.2 Å². The van der Waals surface area contributed by atoms with Gasteiger partial charge in [0.1, 0.15) is 0 Å². The fourth-order valence-corrected chi connectivity index (χ4v) is 5.09. The van der Waals surface area contributed by atoms with Crippen LogP contribution in [0.15, 0.2) is 77.7 Å². The topological polar surface area (TPSA) is 63.2 Å². The van der Waals surface area contributed by atoms with Crippen molar-refractivity contribution >= 4 is 21.4 Å². The first-order valence-electron chi connectivity index (χ1n) is 9.85. The largest absolute Gasteiger partial charge is 0.325 e. The third-order valence-corrected chi connectivity index (χ3v) is 7.31. The quantitative estimate of drug-likeness (QED) is 0.610. The van der Waals surface area contributed by atoms with Crippen molar-refractivity contribution in [3.63, 3.8) is 0 Å². The maximum absolute atomic E-state index is 13.4. The minimum atomic E-state index is -3.70. The van der Waals surface area contributed by atoms with E-state index in [1.54, 1.807) is 31.2 Å². The van der Waals surface area contributed by atoms with E-state index in [-0.39, 0.29) is 16.6 Å². The zero-order valence-corrected chi connectivity index (χ0v) is 18.6. The van der Waals surface area contributed by atoms with Crippen molar-refractivity contribution in [1.29, 1.82) is 0 Å². The predicted molar refractivity (Wildman–Crippen MR) is 122 cm³/mol. The predicted octanol–water partition coefficient (Wildman–Crippen LogP) is 4.98. The molecule has 3 aromatic rings. The highest BCUT2D eigenvalue weighted by Crippen LogP contribution is 2.30. The number of hydrogen-bond donors (Lipinski definition) is 1. The standard InChI is InChI=1S/C25H27NO3S/c1-18-5-11-21(12-6-18)25(4,24(27)26-22-13-7-19(2)8-14-22)17-30(28,29)23-15-9-20(3)10-16-23/h5-16H,17H2,1-4H3,(H,26,27). The third kappa shape index (κ3) is 4.79. The maximum atomic E-state index is 13.4. The van der Waals surface area contributed by atoms with Gasteiger partial charge in [-0.05, 0) is 57.5 Å². The summed E-state index contributed by atoms with van der Waals surface area (Å²) in [5.41, 5.74) is 3.14. The Balaban J connectivity index is 2.00. The summed E-state index contributed by atoms with van der Waals surface area (Å²) in [7, 11) is -3.70. The minimum Gasteiger partial charge on any atom is -0.325 e. The Labute approximate surface area is 178 Å². The molecule has 156 valence electrons. The average molecular weight is 422 g/mol. The second-order valence-electron chi connectivity index (χ2n) is 8.09. The average Bonchev–Trinajstić information content (AvgIpc) is 2.70. The Hall–Kier alpha value is -2.92. The lowest BCUT2D eigenvalue weighted by Crippen LogP contribution is -2.43. The van der Waals surface area contributed by atoms with Crippen LogP contribution in [0.2, 0.25) is 0 Å². The van der Waals surface area contributed by atoms with Gasteiger partial charge < -0.3 is 5.32 Å².